The van der Waals surface area contributed by atoms with Crippen LogP contribution in [-0.4, -0.2) is 27.0 Å². The number of rotatable bonds is 4. The van der Waals surface area contributed by atoms with Gasteiger partial charge < -0.3 is 5.32 Å². The van der Waals surface area contributed by atoms with E-state index in [-0.39, 0.29) is 0 Å². The molecule has 0 bridgehead atoms. The second-order valence-corrected chi connectivity index (χ2v) is 5.98. The van der Waals surface area contributed by atoms with Crippen molar-refractivity contribution in [1.29, 1.82) is 0 Å². The van der Waals surface area contributed by atoms with Crippen molar-refractivity contribution in [2.75, 3.05) is 12.4 Å². The molecule has 0 aromatic carbocycles. The predicted octanol–water partition coefficient (Wildman–Crippen LogP) is 3.12. The molecule has 0 saturated heterocycles. The molecule has 102 valence electrons. The second kappa shape index (κ2) is 5.72. The highest BCUT2D eigenvalue weighted by Crippen LogP contribution is 2.26. The van der Waals surface area contributed by atoms with Gasteiger partial charge in [-0.1, -0.05) is 11.8 Å². The number of anilines is 1. The first-order chi connectivity index (χ1) is 9.76. The summed E-state index contributed by atoms with van der Waals surface area (Å²) in [5.41, 5.74) is 0.966. The fourth-order valence-electron chi connectivity index (χ4n) is 1.78. The van der Waals surface area contributed by atoms with Crippen molar-refractivity contribution >= 4 is 39.1 Å². The molecule has 1 N–H and O–H groups in total. The number of hydrogen-bond acceptors (Lipinski definition) is 7. The van der Waals surface area contributed by atoms with Gasteiger partial charge in [0.05, 0.1) is 11.1 Å². The molecule has 3 rings (SSSR count). The van der Waals surface area contributed by atoms with E-state index in [9.17, 15) is 0 Å². The molecule has 0 aliphatic heterocycles. The van der Waals surface area contributed by atoms with Gasteiger partial charge >= 0.3 is 0 Å². The zero-order chi connectivity index (χ0) is 13.9. The van der Waals surface area contributed by atoms with E-state index >= 15 is 0 Å². The molecule has 3 aromatic rings. The molecule has 0 radical (unpaired) electrons. The predicted molar refractivity (Wildman–Crippen MR) is 83.3 cm³/mol. The van der Waals surface area contributed by atoms with Gasteiger partial charge in [-0.05, 0) is 24.4 Å². The molecule has 7 heteroatoms. The van der Waals surface area contributed by atoms with Crippen molar-refractivity contribution in [2.24, 2.45) is 0 Å². The summed E-state index contributed by atoms with van der Waals surface area (Å²) in [6.07, 6.45) is 1.77. The molecule has 0 aliphatic rings. The minimum atomic E-state index is 0.659. The fourth-order valence-corrected chi connectivity index (χ4v) is 3.29. The number of hydrogen-bond donors (Lipinski definition) is 1. The summed E-state index contributed by atoms with van der Waals surface area (Å²) in [7, 11) is 1.88. The summed E-state index contributed by atoms with van der Waals surface area (Å²) in [4.78, 5) is 18.7. The largest absolute Gasteiger partial charge is 0.372 e. The molecule has 0 amide bonds. The summed E-state index contributed by atoms with van der Waals surface area (Å²) in [6.45, 7) is 1.96. The number of fused-ring (bicyclic) bond motifs is 1. The highest BCUT2D eigenvalue weighted by Gasteiger charge is 2.08. The Balaban J connectivity index is 1.83. The van der Waals surface area contributed by atoms with E-state index in [2.05, 4.69) is 25.3 Å². The van der Waals surface area contributed by atoms with Crippen LogP contribution in [0.15, 0.2) is 28.9 Å². The van der Waals surface area contributed by atoms with E-state index in [4.69, 9.17) is 0 Å². The van der Waals surface area contributed by atoms with Crippen LogP contribution < -0.4 is 5.32 Å². The van der Waals surface area contributed by atoms with Gasteiger partial charge in [-0.2, -0.15) is 0 Å². The molecule has 0 fully saturated rings. The first-order valence-electron chi connectivity index (χ1n) is 6.10. The van der Waals surface area contributed by atoms with Crippen molar-refractivity contribution in [3.05, 3.63) is 35.2 Å². The minimum Gasteiger partial charge on any atom is -0.372 e. The van der Waals surface area contributed by atoms with Gasteiger partial charge in [0.15, 0.2) is 5.16 Å². The molecule has 0 unspecified atom stereocenters. The minimum absolute atomic E-state index is 0.659. The average molecular weight is 303 g/mol. The summed E-state index contributed by atoms with van der Waals surface area (Å²) in [5, 5.41) is 6.97. The van der Waals surface area contributed by atoms with Gasteiger partial charge in [0.2, 0.25) is 0 Å². The fraction of sp³-hybridized carbons (Fsp3) is 0.231. The number of thiophene rings is 1. The SMILES string of the molecule is CNc1nc(CSc2nccc(C)n2)nc2sccc12. The van der Waals surface area contributed by atoms with Crippen molar-refractivity contribution in [3.63, 3.8) is 0 Å². The summed E-state index contributed by atoms with van der Waals surface area (Å²) < 4.78 is 0. The Morgan fingerprint density at radius 3 is 2.95 bits per heavy atom. The lowest BCUT2D eigenvalue weighted by Gasteiger charge is -2.05. The van der Waals surface area contributed by atoms with E-state index in [0.717, 1.165) is 32.7 Å². The third-order valence-electron chi connectivity index (χ3n) is 2.71. The first kappa shape index (κ1) is 13.3. The monoisotopic (exact) mass is 303 g/mol. The van der Waals surface area contributed by atoms with E-state index in [1.807, 2.05) is 31.5 Å². The lowest BCUT2D eigenvalue weighted by Crippen LogP contribution is -1.99. The zero-order valence-corrected chi connectivity index (χ0v) is 12.8. The van der Waals surface area contributed by atoms with Gasteiger partial charge in [-0.15, -0.1) is 11.3 Å². The van der Waals surface area contributed by atoms with E-state index < -0.39 is 0 Å². The summed E-state index contributed by atoms with van der Waals surface area (Å²) in [5.74, 6) is 2.32. The third kappa shape index (κ3) is 2.73. The number of nitrogens with one attached hydrogen (secondary N) is 1. The van der Waals surface area contributed by atoms with Gasteiger partial charge in [0, 0.05) is 18.9 Å². The summed E-state index contributed by atoms with van der Waals surface area (Å²) >= 11 is 3.17. The lowest BCUT2D eigenvalue weighted by molar-refractivity contribution is 0.928. The molecule has 0 aliphatic carbocycles. The average Bonchev–Trinajstić information content (AvgIpc) is 2.92. The Hall–Kier alpha value is -1.73. The highest BCUT2D eigenvalue weighted by molar-refractivity contribution is 7.98. The van der Waals surface area contributed by atoms with E-state index in [1.165, 1.54) is 0 Å². The van der Waals surface area contributed by atoms with Crippen LogP contribution in [-0.2, 0) is 5.75 Å². The Labute approximate surface area is 124 Å². The molecule has 0 spiro atoms. The quantitative estimate of drug-likeness (QED) is 0.590. The first-order valence-corrected chi connectivity index (χ1v) is 7.97. The number of aromatic nitrogens is 4. The molecule has 5 nitrogen and oxygen atoms in total. The maximum absolute atomic E-state index is 4.57. The Morgan fingerprint density at radius 1 is 1.25 bits per heavy atom. The molecule has 3 heterocycles. The van der Waals surface area contributed by atoms with E-state index in [1.54, 1.807) is 29.3 Å². The Morgan fingerprint density at radius 2 is 2.15 bits per heavy atom. The third-order valence-corrected chi connectivity index (χ3v) is 4.38. The van der Waals surface area contributed by atoms with Crippen LogP contribution in [0.25, 0.3) is 10.2 Å². The van der Waals surface area contributed by atoms with Crippen LogP contribution in [0.2, 0.25) is 0 Å². The van der Waals surface area contributed by atoms with Crippen LogP contribution in [0.4, 0.5) is 5.82 Å². The molecular formula is C13H13N5S2. The molecular weight excluding hydrogens is 290 g/mol. The van der Waals surface area contributed by atoms with Crippen LogP contribution in [0.5, 0.6) is 0 Å². The van der Waals surface area contributed by atoms with E-state index in [0.29, 0.717) is 5.75 Å². The van der Waals surface area contributed by atoms with Crippen molar-refractivity contribution in [2.45, 2.75) is 17.8 Å². The maximum atomic E-state index is 4.57. The van der Waals surface area contributed by atoms with Crippen LogP contribution in [0.3, 0.4) is 0 Å². The normalized spacial score (nSPS) is 10.9. The van der Waals surface area contributed by atoms with Gasteiger partial charge in [-0.3, -0.25) is 0 Å². The second-order valence-electron chi connectivity index (χ2n) is 4.15. The molecule has 0 saturated carbocycles. The van der Waals surface area contributed by atoms with Crippen LogP contribution in [0, 0.1) is 6.92 Å². The van der Waals surface area contributed by atoms with Gasteiger partial charge in [0.1, 0.15) is 16.5 Å². The van der Waals surface area contributed by atoms with Crippen molar-refractivity contribution in [1.82, 2.24) is 19.9 Å². The summed E-state index contributed by atoms with van der Waals surface area (Å²) in [6, 6.07) is 3.92. The molecule has 20 heavy (non-hydrogen) atoms. The molecule has 0 atom stereocenters. The zero-order valence-electron chi connectivity index (χ0n) is 11.1. The Kier molecular flexibility index (Phi) is 3.79. The standard InChI is InChI=1S/C13H13N5S2/c1-8-3-5-15-13(16-8)20-7-10-17-11(14-2)9-4-6-19-12(9)18-10/h3-6H,7H2,1-2H3,(H,14,17,18). The van der Waals surface area contributed by atoms with Crippen LogP contribution in [0.1, 0.15) is 11.5 Å². The van der Waals surface area contributed by atoms with Crippen LogP contribution >= 0.6 is 23.1 Å². The van der Waals surface area contributed by atoms with Gasteiger partial charge in [-0.25, -0.2) is 19.9 Å². The maximum Gasteiger partial charge on any atom is 0.188 e. The number of aryl methyl sites for hydroxylation is 1. The van der Waals surface area contributed by atoms with Crippen molar-refractivity contribution < 1.29 is 0 Å². The molecule has 3 aromatic heterocycles. The van der Waals surface area contributed by atoms with Gasteiger partial charge in [0.25, 0.3) is 0 Å². The topological polar surface area (TPSA) is 63.6 Å². The number of nitrogens with zero attached hydrogens (tertiary/aromatic N) is 4. The number of thioether (sulfide) groups is 1. The highest BCUT2D eigenvalue weighted by atomic mass is 32.2. The smallest absolute Gasteiger partial charge is 0.188 e. The van der Waals surface area contributed by atoms with Crippen molar-refractivity contribution in [3.8, 4) is 0 Å². The lowest BCUT2D eigenvalue weighted by atomic mass is 10.4. The Bertz CT molecular complexity index is 740.